The molecule has 1 saturated heterocycles. The van der Waals surface area contributed by atoms with Crippen LogP contribution in [0.2, 0.25) is 0 Å². The molecule has 0 unspecified atom stereocenters. The van der Waals surface area contributed by atoms with Crippen LogP contribution in [-0.2, 0) is 10.2 Å². The minimum Gasteiger partial charge on any atom is -0.490 e. The molecule has 2 aromatic carbocycles. The summed E-state index contributed by atoms with van der Waals surface area (Å²) in [6, 6.07) is 14.4. The molecule has 31 heavy (non-hydrogen) atoms. The Morgan fingerprint density at radius 1 is 1.10 bits per heavy atom. The fourth-order valence-corrected chi connectivity index (χ4v) is 4.70. The molecule has 1 fully saturated rings. The lowest BCUT2D eigenvalue weighted by Crippen LogP contribution is -2.58. The Balaban J connectivity index is 1.67. The van der Waals surface area contributed by atoms with E-state index in [4.69, 9.17) is 9.47 Å². The summed E-state index contributed by atoms with van der Waals surface area (Å²) in [5.41, 5.74) is 2.49. The van der Waals surface area contributed by atoms with Crippen molar-refractivity contribution in [1.82, 2.24) is 5.32 Å². The molecular formula is C26H32N2O3. The van der Waals surface area contributed by atoms with Crippen molar-refractivity contribution in [3.05, 3.63) is 59.7 Å². The zero-order valence-electron chi connectivity index (χ0n) is 18.9. The molecule has 1 N–H and O–H groups in total. The summed E-state index contributed by atoms with van der Waals surface area (Å²) in [5, 5.41) is 3.27. The number of amides is 1. The van der Waals surface area contributed by atoms with Gasteiger partial charge in [-0.25, -0.2) is 0 Å². The van der Waals surface area contributed by atoms with Crippen molar-refractivity contribution in [2.24, 2.45) is 0 Å². The fraction of sp³-hybridized carbons (Fsp3) is 0.423. The number of fused-ring (bicyclic) bond motifs is 3. The minimum atomic E-state index is -0.601. The van der Waals surface area contributed by atoms with Gasteiger partial charge in [0.25, 0.3) is 0 Å². The molecule has 5 heteroatoms. The SMILES string of the molecule is CCCCOc1ccc(/C=C/[C@@]23NC(=O)CN2c2ccccc2C3(C)C)cc1OCC. The number of hydrogen-bond donors (Lipinski definition) is 1. The average Bonchev–Trinajstić information content (AvgIpc) is 3.19. The van der Waals surface area contributed by atoms with Gasteiger partial charge in [-0.1, -0.05) is 57.5 Å². The third kappa shape index (κ3) is 3.56. The molecule has 2 aliphatic heterocycles. The van der Waals surface area contributed by atoms with E-state index in [1.807, 2.05) is 31.2 Å². The Labute approximate surface area is 185 Å². The van der Waals surface area contributed by atoms with Crippen LogP contribution in [0.1, 0.15) is 51.7 Å². The van der Waals surface area contributed by atoms with Gasteiger partial charge in [-0.2, -0.15) is 0 Å². The Kier molecular flexibility index (Phi) is 5.69. The lowest BCUT2D eigenvalue weighted by Gasteiger charge is -2.40. The molecule has 2 aromatic rings. The number of anilines is 1. The van der Waals surface area contributed by atoms with Crippen molar-refractivity contribution in [1.29, 1.82) is 0 Å². The zero-order valence-corrected chi connectivity index (χ0v) is 18.9. The predicted octanol–water partition coefficient (Wildman–Crippen LogP) is 4.90. The summed E-state index contributed by atoms with van der Waals surface area (Å²) >= 11 is 0. The molecular weight excluding hydrogens is 388 g/mol. The van der Waals surface area contributed by atoms with E-state index in [-0.39, 0.29) is 11.3 Å². The summed E-state index contributed by atoms with van der Waals surface area (Å²) in [6.07, 6.45) is 6.30. The van der Waals surface area contributed by atoms with E-state index in [0.717, 1.165) is 35.6 Å². The topological polar surface area (TPSA) is 50.8 Å². The van der Waals surface area contributed by atoms with Gasteiger partial charge in [0.1, 0.15) is 5.66 Å². The Bertz CT molecular complexity index is 998. The van der Waals surface area contributed by atoms with Crippen LogP contribution in [0, 0.1) is 0 Å². The second kappa shape index (κ2) is 8.29. The molecule has 1 amide bonds. The molecule has 164 valence electrons. The molecule has 0 bridgehead atoms. The van der Waals surface area contributed by atoms with Crippen molar-refractivity contribution < 1.29 is 14.3 Å². The first-order valence-corrected chi connectivity index (χ1v) is 11.2. The van der Waals surface area contributed by atoms with E-state index in [2.05, 4.69) is 61.3 Å². The highest BCUT2D eigenvalue weighted by Crippen LogP contribution is 2.52. The summed E-state index contributed by atoms with van der Waals surface area (Å²) in [4.78, 5) is 14.6. The second-order valence-corrected chi connectivity index (χ2v) is 8.72. The Morgan fingerprint density at radius 3 is 2.68 bits per heavy atom. The first-order valence-electron chi connectivity index (χ1n) is 11.2. The lowest BCUT2D eigenvalue weighted by molar-refractivity contribution is -0.118. The maximum absolute atomic E-state index is 12.5. The number of rotatable bonds is 8. The van der Waals surface area contributed by atoms with Crippen LogP contribution < -0.4 is 19.7 Å². The molecule has 0 saturated carbocycles. The summed E-state index contributed by atoms with van der Waals surface area (Å²) in [5.74, 6) is 1.57. The van der Waals surface area contributed by atoms with Gasteiger partial charge in [0.05, 0.1) is 19.8 Å². The predicted molar refractivity (Wildman–Crippen MR) is 125 cm³/mol. The largest absolute Gasteiger partial charge is 0.490 e. The first kappa shape index (κ1) is 21.3. The first-order chi connectivity index (χ1) is 14.9. The summed E-state index contributed by atoms with van der Waals surface area (Å²) < 4.78 is 11.7. The van der Waals surface area contributed by atoms with Crippen LogP contribution in [0.4, 0.5) is 5.69 Å². The molecule has 0 spiro atoms. The number of nitrogens with zero attached hydrogens (tertiary/aromatic N) is 1. The molecule has 2 aliphatic rings. The van der Waals surface area contributed by atoms with E-state index in [9.17, 15) is 4.79 Å². The summed E-state index contributed by atoms with van der Waals surface area (Å²) in [6.45, 7) is 10.1. The van der Waals surface area contributed by atoms with Gasteiger partial charge in [-0.3, -0.25) is 4.79 Å². The van der Waals surface area contributed by atoms with Crippen LogP contribution in [-0.4, -0.2) is 31.3 Å². The molecule has 0 radical (unpaired) electrons. The maximum Gasteiger partial charge on any atom is 0.241 e. The van der Waals surface area contributed by atoms with Gasteiger partial charge < -0.3 is 19.7 Å². The van der Waals surface area contributed by atoms with Gasteiger partial charge in [-0.05, 0) is 48.7 Å². The summed E-state index contributed by atoms with van der Waals surface area (Å²) in [7, 11) is 0. The van der Waals surface area contributed by atoms with E-state index in [1.165, 1.54) is 5.56 Å². The maximum atomic E-state index is 12.5. The van der Waals surface area contributed by atoms with E-state index in [0.29, 0.717) is 19.8 Å². The van der Waals surface area contributed by atoms with E-state index in [1.54, 1.807) is 0 Å². The van der Waals surface area contributed by atoms with Crippen LogP contribution in [0.3, 0.4) is 0 Å². The van der Waals surface area contributed by atoms with Gasteiger partial charge >= 0.3 is 0 Å². The third-order valence-electron chi connectivity index (χ3n) is 6.42. The van der Waals surface area contributed by atoms with Gasteiger partial charge in [0.15, 0.2) is 11.5 Å². The van der Waals surface area contributed by atoms with Crippen LogP contribution in [0.25, 0.3) is 6.08 Å². The smallest absolute Gasteiger partial charge is 0.241 e. The zero-order chi connectivity index (χ0) is 22.1. The molecule has 2 heterocycles. The highest BCUT2D eigenvalue weighted by Gasteiger charge is 2.59. The number of ether oxygens (including phenoxy) is 2. The van der Waals surface area contributed by atoms with Crippen molar-refractivity contribution in [2.75, 3.05) is 24.7 Å². The molecule has 5 nitrogen and oxygen atoms in total. The van der Waals surface area contributed by atoms with Gasteiger partial charge in [0, 0.05) is 11.1 Å². The quantitative estimate of drug-likeness (QED) is 0.617. The average molecular weight is 421 g/mol. The number of carbonyl (C=O) groups is 1. The van der Waals surface area contributed by atoms with Gasteiger partial charge in [-0.15, -0.1) is 0 Å². The Hall–Kier alpha value is -2.95. The number of benzene rings is 2. The van der Waals surface area contributed by atoms with Crippen LogP contribution >= 0.6 is 0 Å². The number of hydrogen-bond acceptors (Lipinski definition) is 4. The molecule has 0 aromatic heterocycles. The van der Waals surface area contributed by atoms with Crippen molar-refractivity contribution in [3.63, 3.8) is 0 Å². The fourth-order valence-electron chi connectivity index (χ4n) is 4.70. The second-order valence-electron chi connectivity index (χ2n) is 8.72. The highest BCUT2D eigenvalue weighted by atomic mass is 16.5. The monoisotopic (exact) mass is 420 g/mol. The molecule has 0 aliphatic carbocycles. The normalized spacial score (nSPS) is 21.2. The van der Waals surface area contributed by atoms with E-state index < -0.39 is 5.66 Å². The van der Waals surface area contributed by atoms with E-state index >= 15 is 0 Å². The lowest BCUT2D eigenvalue weighted by atomic mass is 9.75. The Morgan fingerprint density at radius 2 is 1.90 bits per heavy atom. The van der Waals surface area contributed by atoms with Crippen LogP contribution in [0.5, 0.6) is 11.5 Å². The molecule has 4 rings (SSSR count). The van der Waals surface area contributed by atoms with Crippen LogP contribution in [0.15, 0.2) is 48.5 Å². The van der Waals surface area contributed by atoms with Crippen molar-refractivity contribution in [3.8, 4) is 11.5 Å². The molecule has 1 atom stereocenters. The standard InChI is InChI=1S/C26H32N2O3/c1-5-7-16-31-22-13-12-19(17-23(22)30-6-2)14-15-26-25(3,4)20-10-8-9-11-21(20)28(26)18-24(29)27-26/h8-15,17H,5-7,16,18H2,1-4H3,(H,27,29)/b15-14+/t26-/m1/s1. The number of unbranched alkanes of at least 4 members (excludes halogenated alkanes) is 1. The highest BCUT2D eigenvalue weighted by molar-refractivity contribution is 5.91. The minimum absolute atomic E-state index is 0.0434. The third-order valence-corrected chi connectivity index (χ3v) is 6.42. The number of carbonyl (C=O) groups excluding carboxylic acids is 1. The van der Waals surface area contributed by atoms with Gasteiger partial charge in [0.2, 0.25) is 5.91 Å². The van der Waals surface area contributed by atoms with Crippen molar-refractivity contribution >= 4 is 17.7 Å². The van der Waals surface area contributed by atoms with Crippen molar-refractivity contribution in [2.45, 2.75) is 51.6 Å². The number of para-hydroxylation sites is 1. The number of nitrogens with one attached hydrogen (secondary N) is 1.